The number of imidazole rings is 1. The van der Waals surface area contributed by atoms with E-state index in [2.05, 4.69) is 15.6 Å². The molecule has 2 fully saturated rings. The van der Waals surface area contributed by atoms with Gasteiger partial charge >= 0.3 is 0 Å². The molecule has 0 radical (unpaired) electrons. The molecule has 2 aliphatic rings. The highest BCUT2D eigenvalue weighted by Gasteiger charge is 2.31. The summed E-state index contributed by atoms with van der Waals surface area (Å²) in [6.45, 7) is 2.12. The van der Waals surface area contributed by atoms with Crippen molar-refractivity contribution in [3.63, 3.8) is 0 Å². The van der Waals surface area contributed by atoms with Gasteiger partial charge in [-0.25, -0.2) is 4.98 Å². The fourth-order valence-corrected chi connectivity index (χ4v) is 3.91. The summed E-state index contributed by atoms with van der Waals surface area (Å²) in [5.41, 5.74) is 1.28. The molecule has 2 atom stereocenters. The first kappa shape index (κ1) is 23.2. The van der Waals surface area contributed by atoms with Crippen molar-refractivity contribution in [3.05, 3.63) is 48.5 Å². The number of fused-ring (bicyclic) bond motifs is 2. The number of nitrogens with one attached hydrogen (secondary N) is 2. The highest BCUT2D eigenvalue weighted by Crippen LogP contribution is 2.22. The Balaban J connectivity index is 0.00000150. The lowest BCUT2D eigenvalue weighted by molar-refractivity contribution is -0.116. The molecular weight excluding hydrogens is 413 g/mol. The molecule has 0 aliphatic carbocycles. The number of halogens is 2. The van der Waals surface area contributed by atoms with E-state index in [4.69, 9.17) is 0 Å². The van der Waals surface area contributed by atoms with E-state index in [1.54, 1.807) is 18.6 Å². The number of likely N-dealkylation sites (tertiary alicyclic amines) is 1. The average Bonchev–Trinajstić information content (AvgIpc) is 3.29. The molecule has 1 aromatic carbocycles. The van der Waals surface area contributed by atoms with Gasteiger partial charge in [0, 0.05) is 61.8 Å². The van der Waals surface area contributed by atoms with E-state index in [1.807, 2.05) is 33.9 Å². The zero-order valence-corrected chi connectivity index (χ0v) is 17.8. The molecule has 2 saturated heterocycles. The van der Waals surface area contributed by atoms with Gasteiger partial charge in [0.1, 0.15) is 0 Å². The van der Waals surface area contributed by atoms with Gasteiger partial charge in [-0.1, -0.05) is 6.07 Å². The normalized spacial score (nSPS) is 20.2. The summed E-state index contributed by atoms with van der Waals surface area (Å²) >= 11 is 0. The van der Waals surface area contributed by atoms with E-state index in [0.717, 1.165) is 25.9 Å². The first-order valence-electron chi connectivity index (χ1n) is 9.58. The van der Waals surface area contributed by atoms with Gasteiger partial charge in [-0.05, 0) is 37.5 Å². The second-order valence-corrected chi connectivity index (χ2v) is 7.36. The van der Waals surface area contributed by atoms with Crippen LogP contribution < -0.4 is 10.6 Å². The number of nitrogens with zero attached hydrogens (tertiary/aromatic N) is 3. The number of rotatable bonds is 5. The first-order chi connectivity index (χ1) is 13.2. The van der Waals surface area contributed by atoms with Gasteiger partial charge in [-0.2, -0.15) is 0 Å². The van der Waals surface area contributed by atoms with Crippen LogP contribution in [0.1, 0.15) is 36.0 Å². The number of anilines is 1. The molecule has 7 nitrogen and oxygen atoms in total. The van der Waals surface area contributed by atoms with Crippen LogP contribution in [0.15, 0.2) is 43.0 Å². The number of aryl methyl sites for hydroxylation is 1. The quantitative estimate of drug-likeness (QED) is 0.750. The van der Waals surface area contributed by atoms with Crippen molar-refractivity contribution < 1.29 is 9.59 Å². The zero-order chi connectivity index (χ0) is 18.6. The zero-order valence-electron chi connectivity index (χ0n) is 16.1. The molecular formula is C20H27Cl2N5O2. The SMILES string of the molecule is Cl.Cl.O=C(CCn1ccnc1)Nc1cccc(C(=O)N2CCC3CCC(C2)N3)c1. The van der Waals surface area contributed by atoms with Crippen molar-refractivity contribution in [1.29, 1.82) is 0 Å². The second kappa shape index (κ2) is 10.6. The molecule has 2 bridgehead atoms. The van der Waals surface area contributed by atoms with Crippen molar-refractivity contribution in [2.75, 3.05) is 18.4 Å². The number of benzene rings is 1. The third kappa shape index (κ3) is 5.95. The topological polar surface area (TPSA) is 79.3 Å². The Morgan fingerprint density at radius 3 is 2.79 bits per heavy atom. The van der Waals surface area contributed by atoms with Gasteiger partial charge in [0.05, 0.1) is 6.33 Å². The Kier molecular flexibility index (Phi) is 8.49. The maximum Gasteiger partial charge on any atom is 0.253 e. The third-order valence-electron chi connectivity index (χ3n) is 5.36. The lowest BCUT2D eigenvalue weighted by atomic mass is 10.1. The Morgan fingerprint density at radius 2 is 2.00 bits per heavy atom. The van der Waals surface area contributed by atoms with Crippen molar-refractivity contribution in [2.45, 2.75) is 44.3 Å². The van der Waals surface area contributed by atoms with Crippen LogP contribution in [-0.4, -0.2) is 51.4 Å². The van der Waals surface area contributed by atoms with Crippen LogP contribution in [0.5, 0.6) is 0 Å². The highest BCUT2D eigenvalue weighted by atomic mass is 35.5. The van der Waals surface area contributed by atoms with E-state index >= 15 is 0 Å². The monoisotopic (exact) mass is 439 g/mol. The highest BCUT2D eigenvalue weighted by molar-refractivity contribution is 5.97. The summed E-state index contributed by atoms with van der Waals surface area (Å²) < 4.78 is 1.86. The first-order valence-corrected chi connectivity index (χ1v) is 9.58. The molecule has 0 spiro atoms. The van der Waals surface area contributed by atoms with Crippen LogP contribution in [-0.2, 0) is 11.3 Å². The van der Waals surface area contributed by atoms with Crippen molar-refractivity contribution in [3.8, 4) is 0 Å². The van der Waals surface area contributed by atoms with E-state index in [0.29, 0.717) is 36.3 Å². The minimum atomic E-state index is -0.0791. The summed E-state index contributed by atoms with van der Waals surface area (Å²) in [7, 11) is 0. The van der Waals surface area contributed by atoms with Crippen LogP contribution in [0.2, 0.25) is 0 Å². The number of hydrogen-bond donors (Lipinski definition) is 2. The van der Waals surface area contributed by atoms with Gasteiger partial charge in [-0.3, -0.25) is 9.59 Å². The Morgan fingerprint density at radius 1 is 1.17 bits per heavy atom. The minimum Gasteiger partial charge on any atom is -0.337 e. The number of carbonyl (C=O) groups excluding carboxylic acids is 2. The Bertz CT molecular complexity index is 815. The smallest absolute Gasteiger partial charge is 0.253 e. The fourth-order valence-electron chi connectivity index (χ4n) is 3.91. The summed E-state index contributed by atoms with van der Waals surface area (Å²) in [6, 6.07) is 8.19. The van der Waals surface area contributed by atoms with Crippen molar-refractivity contribution >= 4 is 42.3 Å². The van der Waals surface area contributed by atoms with Crippen LogP contribution in [0.3, 0.4) is 0 Å². The van der Waals surface area contributed by atoms with Gasteiger partial charge in [0.25, 0.3) is 5.91 Å². The third-order valence-corrected chi connectivity index (χ3v) is 5.36. The molecule has 3 heterocycles. The van der Waals surface area contributed by atoms with Gasteiger partial charge < -0.3 is 20.1 Å². The number of amides is 2. The molecule has 2 N–H and O–H groups in total. The average molecular weight is 440 g/mol. The molecule has 2 amide bonds. The summed E-state index contributed by atoms with van der Waals surface area (Å²) in [4.78, 5) is 31.0. The van der Waals surface area contributed by atoms with E-state index in [-0.39, 0.29) is 36.6 Å². The summed E-state index contributed by atoms with van der Waals surface area (Å²) in [5.74, 6) is -0.0385. The molecule has 158 valence electrons. The fraction of sp³-hybridized carbons (Fsp3) is 0.450. The number of aromatic nitrogens is 2. The molecule has 29 heavy (non-hydrogen) atoms. The number of carbonyl (C=O) groups is 2. The van der Waals surface area contributed by atoms with Gasteiger partial charge in [0.15, 0.2) is 0 Å². The van der Waals surface area contributed by atoms with Crippen molar-refractivity contribution in [2.24, 2.45) is 0 Å². The van der Waals surface area contributed by atoms with E-state index < -0.39 is 0 Å². The Labute approximate surface area is 183 Å². The van der Waals surface area contributed by atoms with Crippen LogP contribution in [0.25, 0.3) is 0 Å². The van der Waals surface area contributed by atoms with Crippen LogP contribution in [0, 0.1) is 0 Å². The molecule has 9 heteroatoms. The van der Waals surface area contributed by atoms with Gasteiger partial charge in [0.2, 0.25) is 5.91 Å². The molecule has 0 saturated carbocycles. The lowest BCUT2D eigenvalue weighted by Gasteiger charge is -2.24. The summed E-state index contributed by atoms with van der Waals surface area (Å²) in [6.07, 6.45) is 8.93. The number of hydrogen-bond acceptors (Lipinski definition) is 4. The van der Waals surface area contributed by atoms with Crippen molar-refractivity contribution in [1.82, 2.24) is 19.8 Å². The standard InChI is InChI=1S/C20H25N5O2.2ClH/c26-19(7-9-24-11-8-21-14-24)23-17-3-1-2-15(12-17)20(27)25-10-6-16-4-5-18(13-25)22-16;;/h1-3,8,11-12,14,16,18,22H,4-7,9-10,13H2,(H,23,26);2*1H. The largest absolute Gasteiger partial charge is 0.337 e. The maximum atomic E-state index is 12.9. The van der Waals surface area contributed by atoms with Crippen LogP contribution in [0.4, 0.5) is 5.69 Å². The predicted molar refractivity (Wildman–Crippen MR) is 117 cm³/mol. The molecule has 2 aromatic rings. The Hall–Kier alpha value is -2.09. The molecule has 4 rings (SSSR count). The van der Waals surface area contributed by atoms with E-state index in [9.17, 15) is 9.59 Å². The molecule has 2 unspecified atom stereocenters. The molecule has 2 aliphatic heterocycles. The van der Waals surface area contributed by atoms with E-state index in [1.165, 1.54) is 6.42 Å². The molecule has 1 aromatic heterocycles. The van der Waals surface area contributed by atoms with Crippen LogP contribution >= 0.6 is 24.8 Å². The maximum absolute atomic E-state index is 12.9. The summed E-state index contributed by atoms with van der Waals surface area (Å²) in [5, 5.41) is 6.48. The second-order valence-electron chi connectivity index (χ2n) is 7.36. The van der Waals surface area contributed by atoms with Gasteiger partial charge in [-0.15, -0.1) is 24.8 Å². The lowest BCUT2D eigenvalue weighted by Crippen LogP contribution is -2.39. The minimum absolute atomic E-state index is 0. The predicted octanol–water partition coefficient (Wildman–Crippen LogP) is 2.72.